The molecule has 3 aromatic rings. The highest BCUT2D eigenvalue weighted by atomic mass is 32.2. The minimum absolute atomic E-state index is 0.0908. The molecule has 0 bridgehead atoms. The number of aliphatic hydroxyl groups is 1. The van der Waals surface area contributed by atoms with Crippen LogP contribution >= 0.6 is 0 Å². The van der Waals surface area contributed by atoms with Gasteiger partial charge in [-0.1, -0.05) is 170 Å². The summed E-state index contributed by atoms with van der Waals surface area (Å²) in [6, 6.07) is 29.8. The largest absolute Gasteiger partial charge is 0.413 e. The lowest BCUT2D eigenvalue weighted by molar-refractivity contribution is -0.000849. The van der Waals surface area contributed by atoms with Crippen molar-refractivity contribution in [2.75, 3.05) is 12.4 Å². The van der Waals surface area contributed by atoms with Gasteiger partial charge < -0.3 is 14.0 Å². The highest BCUT2D eigenvalue weighted by molar-refractivity contribution is 7.91. The van der Waals surface area contributed by atoms with Crippen LogP contribution < -0.4 is 10.4 Å². The number of allylic oxidation sites excluding steroid dienone is 2. The van der Waals surface area contributed by atoms with Gasteiger partial charge in [-0.3, -0.25) is 0 Å². The number of hydrogen-bond donors (Lipinski definition) is 1. The van der Waals surface area contributed by atoms with Gasteiger partial charge in [0.05, 0.1) is 29.5 Å². The van der Waals surface area contributed by atoms with Crippen LogP contribution in [-0.2, 0) is 18.7 Å². The van der Waals surface area contributed by atoms with E-state index in [9.17, 15) is 13.5 Å². The summed E-state index contributed by atoms with van der Waals surface area (Å²) in [5.41, 5.74) is 2.21. The molecule has 0 spiro atoms. The van der Waals surface area contributed by atoms with Crippen molar-refractivity contribution in [2.24, 2.45) is 17.3 Å². The molecule has 8 heteroatoms. The van der Waals surface area contributed by atoms with Crippen LogP contribution in [-0.4, -0.2) is 54.7 Å². The van der Waals surface area contributed by atoms with Gasteiger partial charge in [-0.2, -0.15) is 0 Å². The summed E-state index contributed by atoms with van der Waals surface area (Å²) in [5, 5.41) is 14.6. The Morgan fingerprint density at radius 2 is 1.38 bits per heavy atom. The molecule has 3 aromatic carbocycles. The zero-order chi connectivity index (χ0) is 41.7. The van der Waals surface area contributed by atoms with Crippen molar-refractivity contribution in [3.63, 3.8) is 0 Å². The SMILES string of the molecule is C=C1[C@H]([C@H](O)/C=C(/C)CC/C=C(\C)CO[Si](C)(C)C(C)(C)C)[C@@H](O[Si](c2ccccc2)(c2ccccc2)C(C)(C)C)C[C@@H](C)[C@]1(C)CS(=O)(=O)c1ccccc1. The molecule has 1 N–H and O–H groups in total. The average molecular weight is 815 g/mol. The Morgan fingerprint density at radius 1 is 0.875 bits per heavy atom. The van der Waals surface area contributed by atoms with Gasteiger partial charge in [-0.15, -0.1) is 0 Å². The standard InChI is InChI=1S/C48H70O5SSi2/c1-36(24-23-25-37(2)34-52-55(12,13)46(5,6)7)32-43(49)45-39(4)48(11,35-54(50,51)40-26-17-14-18-27-40)38(3)33-44(45)53-56(47(8,9)10,41-28-19-15-20-29-41)42-30-21-16-22-31-42/h14-22,25-32,38,43-45,49H,4,23-24,33-35H2,1-3,5-13H3/b36-32-,37-25+/t38-,43-,44+,45-,48+/m1/s1. The molecule has 56 heavy (non-hydrogen) atoms. The quantitative estimate of drug-likeness (QED) is 0.122. The molecule has 306 valence electrons. The van der Waals surface area contributed by atoms with Gasteiger partial charge in [0.25, 0.3) is 8.32 Å². The smallest absolute Gasteiger partial charge is 0.261 e. The van der Waals surface area contributed by atoms with Crippen LogP contribution in [0.1, 0.15) is 88.5 Å². The fourth-order valence-corrected chi connectivity index (χ4v) is 15.8. The molecule has 0 saturated heterocycles. The Morgan fingerprint density at radius 3 is 1.86 bits per heavy atom. The second-order valence-corrected chi connectivity index (χ2v) is 30.2. The lowest BCUT2D eigenvalue weighted by atomic mass is 9.60. The van der Waals surface area contributed by atoms with Gasteiger partial charge >= 0.3 is 0 Å². The van der Waals surface area contributed by atoms with E-state index >= 15 is 0 Å². The summed E-state index contributed by atoms with van der Waals surface area (Å²) >= 11 is 0. The topological polar surface area (TPSA) is 72.8 Å². The third-order valence-corrected chi connectivity index (χ3v) is 24.4. The predicted molar refractivity (Wildman–Crippen MR) is 241 cm³/mol. The second-order valence-electron chi connectivity index (χ2n) is 19.1. The molecule has 0 unspecified atom stereocenters. The Balaban J connectivity index is 1.75. The summed E-state index contributed by atoms with van der Waals surface area (Å²) in [5.74, 6) is -0.719. The van der Waals surface area contributed by atoms with Crippen molar-refractivity contribution >= 4 is 36.8 Å². The molecule has 0 aliphatic heterocycles. The van der Waals surface area contributed by atoms with E-state index in [4.69, 9.17) is 15.4 Å². The average Bonchev–Trinajstić information content (AvgIpc) is 3.12. The molecule has 1 saturated carbocycles. The highest BCUT2D eigenvalue weighted by Crippen LogP contribution is 2.52. The van der Waals surface area contributed by atoms with Crippen molar-refractivity contribution in [1.82, 2.24) is 0 Å². The van der Waals surface area contributed by atoms with Gasteiger partial charge in [0.15, 0.2) is 18.2 Å². The van der Waals surface area contributed by atoms with Crippen LogP contribution in [0.3, 0.4) is 0 Å². The fraction of sp³-hybridized carbons (Fsp3) is 0.500. The molecule has 1 aliphatic rings. The number of hydrogen-bond acceptors (Lipinski definition) is 5. The lowest BCUT2D eigenvalue weighted by Gasteiger charge is -2.53. The third-order valence-electron chi connectivity index (χ3n) is 12.9. The van der Waals surface area contributed by atoms with Crippen molar-refractivity contribution < 1.29 is 22.4 Å². The van der Waals surface area contributed by atoms with Crippen LogP contribution in [0.15, 0.2) is 131 Å². The number of sulfone groups is 1. The molecule has 1 aliphatic carbocycles. The van der Waals surface area contributed by atoms with E-state index < -0.39 is 50.0 Å². The molecule has 1 fully saturated rings. The first-order valence-electron chi connectivity index (χ1n) is 20.4. The molecule has 0 radical (unpaired) electrons. The molecule has 5 atom stereocenters. The first-order valence-corrected chi connectivity index (χ1v) is 26.8. The minimum atomic E-state index is -3.67. The maximum atomic E-state index is 14.0. The predicted octanol–water partition coefficient (Wildman–Crippen LogP) is 10.7. The van der Waals surface area contributed by atoms with Gasteiger partial charge in [0.1, 0.15) is 0 Å². The fourth-order valence-electron chi connectivity index (χ4n) is 8.08. The van der Waals surface area contributed by atoms with Gasteiger partial charge in [-0.25, -0.2) is 8.42 Å². The molecule has 4 rings (SSSR count). The van der Waals surface area contributed by atoms with Crippen molar-refractivity contribution in [3.05, 3.63) is 126 Å². The van der Waals surface area contributed by atoms with Crippen LogP contribution in [0.2, 0.25) is 23.2 Å². The summed E-state index contributed by atoms with van der Waals surface area (Å²) < 4.78 is 42.3. The van der Waals surface area contributed by atoms with Gasteiger partial charge in [-0.05, 0) is 84.7 Å². The van der Waals surface area contributed by atoms with Crippen LogP contribution in [0.5, 0.6) is 0 Å². The van der Waals surface area contributed by atoms with Crippen molar-refractivity contribution in [2.45, 2.75) is 129 Å². The van der Waals surface area contributed by atoms with E-state index in [2.05, 4.69) is 130 Å². The zero-order valence-corrected chi connectivity index (χ0v) is 39.2. The van der Waals surface area contributed by atoms with E-state index in [1.165, 1.54) is 5.57 Å². The maximum absolute atomic E-state index is 14.0. The molecule has 5 nitrogen and oxygen atoms in total. The second kappa shape index (κ2) is 18.0. The Labute approximate surface area is 342 Å². The Hall–Kier alpha value is -2.86. The van der Waals surface area contributed by atoms with Gasteiger partial charge in [0.2, 0.25) is 0 Å². The van der Waals surface area contributed by atoms with E-state index in [1.54, 1.807) is 24.3 Å². The summed E-state index contributed by atoms with van der Waals surface area (Å²) in [7, 11) is -8.56. The Bertz CT molecular complexity index is 1890. The number of rotatable bonds is 15. The summed E-state index contributed by atoms with van der Waals surface area (Å²) in [6.45, 7) is 31.8. The van der Waals surface area contributed by atoms with Crippen LogP contribution in [0.25, 0.3) is 0 Å². The molecule has 0 amide bonds. The van der Waals surface area contributed by atoms with E-state index in [1.807, 2.05) is 31.2 Å². The van der Waals surface area contributed by atoms with Crippen molar-refractivity contribution in [3.8, 4) is 0 Å². The number of aliphatic hydroxyl groups excluding tert-OH is 1. The lowest BCUT2D eigenvalue weighted by Crippen LogP contribution is -2.69. The Kier molecular flexibility index (Phi) is 14.7. The van der Waals surface area contributed by atoms with E-state index in [0.717, 1.165) is 34.4 Å². The minimum Gasteiger partial charge on any atom is -0.413 e. The molecule has 0 aromatic heterocycles. The zero-order valence-electron chi connectivity index (χ0n) is 36.4. The molecular weight excluding hydrogens is 745 g/mol. The van der Waals surface area contributed by atoms with Gasteiger partial charge in [0, 0.05) is 11.3 Å². The highest BCUT2D eigenvalue weighted by Gasteiger charge is 2.56. The molecular formula is C48H70O5SSi2. The summed E-state index contributed by atoms with van der Waals surface area (Å²) in [6.07, 6.45) is 5.07. The number of benzene rings is 3. The summed E-state index contributed by atoms with van der Waals surface area (Å²) in [4.78, 5) is 0.304. The normalized spacial score (nSPS) is 22.6. The molecule has 0 heterocycles. The first-order chi connectivity index (χ1) is 26.0. The third kappa shape index (κ3) is 10.2. The van der Waals surface area contributed by atoms with Crippen molar-refractivity contribution in [1.29, 1.82) is 0 Å². The maximum Gasteiger partial charge on any atom is 0.261 e. The van der Waals surface area contributed by atoms with E-state index in [0.29, 0.717) is 17.9 Å². The monoisotopic (exact) mass is 814 g/mol. The van der Waals surface area contributed by atoms with E-state index in [-0.39, 0.29) is 21.7 Å². The van der Waals surface area contributed by atoms with Crippen LogP contribution in [0, 0.1) is 17.3 Å². The first kappa shape index (κ1) is 45.8. The van der Waals surface area contributed by atoms with Crippen LogP contribution in [0.4, 0.5) is 0 Å².